The van der Waals surface area contributed by atoms with Gasteiger partial charge in [0.25, 0.3) is 0 Å². The molecule has 0 saturated heterocycles. The van der Waals surface area contributed by atoms with Crippen molar-refractivity contribution in [1.29, 1.82) is 0 Å². The molecule has 0 saturated carbocycles. The molecule has 0 radical (unpaired) electrons. The predicted octanol–water partition coefficient (Wildman–Crippen LogP) is 3.24. The SMILES string of the molecule is COCCCNC(=O)CSc1nccn1-c1ccc(C(C)C)cc1. The van der Waals surface area contributed by atoms with E-state index in [0.29, 0.717) is 24.8 Å². The smallest absolute Gasteiger partial charge is 0.230 e. The first kappa shape index (κ1) is 18.5. The van der Waals surface area contributed by atoms with Crippen LogP contribution in [0.2, 0.25) is 0 Å². The molecule has 5 nitrogen and oxygen atoms in total. The first-order valence-electron chi connectivity index (χ1n) is 8.14. The lowest BCUT2D eigenvalue weighted by atomic mass is 10.0. The van der Waals surface area contributed by atoms with Crippen LogP contribution in [0.4, 0.5) is 0 Å². The van der Waals surface area contributed by atoms with E-state index in [1.165, 1.54) is 17.3 Å². The Balaban J connectivity index is 1.91. The monoisotopic (exact) mass is 347 g/mol. The van der Waals surface area contributed by atoms with Crippen molar-refractivity contribution in [2.45, 2.75) is 31.3 Å². The zero-order valence-electron chi connectivity index (χ0n) is 14.5. The molecule has 1 aromatic carbocycles. The van der Waals surface area contributed by atoms with Crippen LogP contribution in [-0.2, 0) is 9.53 Å². The summed E-state index contributed by atoms with van der Waals surface area (Å²) < 4.78 is 6.97. The number of ether oxygens (including phenoxy) is 1. The van der Waals surface area contributed by atoms with Crippen LogP contribution in [0.25, 0.3) is 5.69 Å². The summed E-state index contributed by atoms with van der Waals surface area (Å²) in [6, 6.07) is 8.45. The van der Waals surface area contributed by atoms with Gasteiger partial charge in [-0.15, -0.1) is 0 Å². The lowest BCUT2D eigenvalue weighted by molar-refractivity contribution is -0.118. The van der Waals surface area contributed by atoms with Gasteiger partial charge in [0.2, 0.25) is 5.91 Å². The van der Waals surface area contributed by atoms with E-state index in [4.69, 9.17) is 4.74 Å². The number of benzene rings is 1. The van der Waals surface area contributed by atoms with E-state index in [-0.39, 0.29) is 5.91 Å². The highest BCUT2D eigenvalue weighted by Gasteiger charge is 2.09. The number of nitrogens with one attached hydrogen (secondary N) is 1. The summed E-state index contributed by atoms with van der Waals surface area (Å²) in [5.41, 5.74) is 2.36. The molecule has 0 bridgehead atoms. The van der Waals surface area contributed by atoms with Gasteiger partial charge in [0, 0.05) is 38.3 Å². The van der Waals surface area contributed by atoms with Gasteiger partial charge in [-0.25, -0.2) is 4.98 Å². The van der Waals surface area contributed by atoms with E-state index >= 15 is 0 Å². The maximum absolute atomic E-state index is 11.9. The van der Waals surface area contributed by atoms with Gasteiger partial charge in [-0.05, 0) is 30.0 Å². The van der Waals surface area contributed by atoms with Gasteiger partial charge in [0.15, 0.2) is 5.16 Å². The van der Waals surface area contributed by atoms with Gasteiger partial charge in [-0.3, -0.25) is 9.36 Å². The van der Waals surface area contributed by atoms with Crippen LogP contribution in [0.3, 0.4) is 0 Å². The fourth-order valence-electron chi connectivity index (χ4n) is 2.24. The summed E-state index contributed by atoms with van der Waals surface area (Å²) in [5, 5.41) is 3.70. The molecule has 2 aromatic rings. The van der Waals surface area contributed by atoms with E-state index in [9.17, 15) is 4.79 Å². The van der Waals surface area contributed by atoms with E-state index < -0.39 is 0 Å². The molecular formula is C18H25N3O2S. The van der Waals surface area contributed by atoms with E-state index in [2.05, 4.69) is 48.4 Å². The average Bonchev–Trinajstić information content (AvgIpc) is 3.05. The van der Waals surface area contributed by atoms with Crippen LogP contribution in [-0.4, -0.2) is 41.5 Å². The van der Waals surface area contributed by atoms with Crippen LogP contribution in [0.5, 0.6) is 0 Å². The molecule has 0 atom stereocenters. The van der Waals surface area contributed by atoms with Crippen molar-refractivity contribution < 1.29 is 9.53 Å². The lowest BCUT2D eigenvalue weighted by Crippen LogP contribution is -2.26. The Morgan fingerprint density at radius 3 is 2.75 bits per heavy atom. The summed E-state index contributed by atoms with van der Waals surface area (Å²) >= 11 is 1.44. The molecule has 0 aliphatic rings. The van der Waals surface area contributed by atoms with Crippen LogP contribution in [0, 0.1) is 0 Å². The summed E-state index contributed by atoms with van der Waals surface area (Å²) in [7, 11) is 1.66. The lowest BCUT2D eigenvalue weighted by Gasteiger charge is -2.10. The third-order valence-electron chi connectivity index (χ3n) is 3.62. The Kier molecular flexibility index (Phi) is 7.34. The number of aromatic nitrogens is 2. The molecule has 0 aliphatic heterocycles. The van der Waals surface area contributed by atoms with Crippen molar-refractivity contribution in [3.63, 3.8) is 0 Å². The van der Waals surface area contributed by atoms with Crippen molar-refractivity contribution in [1.82, 2.24) is 14.9 Å². The predicted molar refractivity (Wildman–Crippen MR) is 97.9 cm³/mol. The van der Waals surface area contributed by atoms with Crippen LogP contribution in [0.15, 0.2) is 41.8 Å². The molecule has 0 unspecified atom stereocenters. The van der Waals surface area contributed by atoms with Crippen molar-refractivity contribution >= 4 is 17.7 Å². The molecule has 6 heteroatoms. The van der Waals surface area contributed by atoms with Gasteiger partial charge in [0.05, 0.1) is 5.75 Å². The Morgan fingerprint density at radius 2 is 2.08 bits per heavy atom. The van der Waals surface area contributed by atoms with E-state index in [1.807, 2.05) is 10.8 Å². The molecule has 130 valence electrons. The second-order valence-corrected chi connectivity index (χ2v) is 6.75. The quantitative estimate of drug-likeness (QED) is 0.559. The molecule has 1 amide bonds. The summed E-state index contributed by atoms with van der Waals surface area (Å²) in [6.07, 6.45) is 4.50. The largest absolute Gasteiger partial charge is 0.385 e. The molecule has 1 N–H and O–H groups in total. The molecule has 1 heterocycles. The summed E-state index contributed by atoms with van der Waals surface area (Å²) in [6.45, 7) is 5.65. The number of methoxy groups -OCH3 is 1. The Bertz CT molecular complexity index is 638. The van der Waals surface area contributed by atoms with Crippen molar-refractivity contribution in [2.24, 2.45) is 0 Å². The van der Waals surface area contributed by atoms with Crippen LogP contribution < -0.4 is 5.32 Å². The van der Waals surface area contributed by atoms with Gasteiger partial charge in [-0.2, -0.15) is 0 Å². The minimum absolute atomic E-state index is 0.0146. The highest BCUT2D eigenvalue weighted by Crippen LogP contribution is 2.22. The fourth-order valence-corrected chi connectivity index (χ4v) is 3.04. The number of hydrogen-bond donors (Lipinski definition) is 1. The molecule has 24 heavy (non-hydrogen) atoms. The molecule has 1 aromatic heterocycles. The highest BCUT2D eigenvalue weighted by atomic mass is 32.2. The summed E-state index contributed by atoms with van der Waals surface area (Å²) in [5.74, 6) is 0.881. The first-order valence-corrected chi connectivity index (χ1v) is 9.12. The normalized spacial score (nSPS) is 11.0. The molecule has 0 spiro atoms. The second kappa shape index (κ2) is 9.49. The van der Waals surface area contributed by atoms with Crippen molar-refractivity contribution in [3.8, 4) is 5.69 Å². The number of hydrogen-bond acceptors (Lipinski definition) is 4. The minimum atomic E-state index is 0.0146. The standard InChI is InChI=1S/C18H25N3O2S/c1-14(2)15-5-7-16(8-6-15)21-11-10-20-18(21)24-13-17(22)19-9-4-12-23-3/h5-8,10-11,14H,4,9,12-13H2,1-3H3,(H,19,22). The van der Waals surface area contributed by atoms with E-state index in [1.54, 1.807) is 13.3 Å². The van der Waals surface area contributed by atoms with Crippen LogP contribution in [0.1, 0.15) is 31.7 Å². The summed E-state index contributed by atoms with van der Waals surface area (Å²) in [4.78, 5) is 16.2. The minimum Gasteiger partial charge on any atom is -0.385 e. The van der Waals surface area contributed by atoms with Gasteiger partial charge < -0.3 is 10.1 Å². The number of amides is 1. The number of nitrogens with zero attached hydrogens (tertiary/aromatic N) is 2. The molecule has 2 rings (SSSR count). The maximum Gasteiger partial charge on any atom is 0.230 e. The number of carbonyl (C=O) groups excluding carboxylic acids is 1. The zero-order chi connectivity index (χ0) is 17.4. The third-order valence-corrected chi connectivity index (χ3v) is 4.59. The Hall–Kier alpha value is -1.79. The fraction of sp³-hybridized carbons (Fsp3) is 0.444. The maximum atomic E-state index is 11.9. The Labute approximate surface area is 147 Å². The molecule has 0 aliphatic carbocycles. The number of rotatable bonds is 9. The van der Waals surface area contributed by atoms with Crippen molar-refractivity contribution in [2.75, 3.05) is 26.0 Å². The molecule has 0 fully saturated rings. The van der Waals surface area contributed by atoms with Gasteiger partial charge >= 0.3 is 0 Å². The van der Waals surface area contributed by atoms with Gasteiger partial charge in [0.1, 0.15) is 0 Å². The van der Waals surface area contributed by atoms with Gasteiger partial charge in [-0.1, -0.05) is 37.7 Å². The zero-order valence-corrected chi connectivity index (χ0v) is 15.3. The average molecular weight is 347 g/mol. The molecular weight excluding hydrogens is 322 g/mol. The third kappa shape index (κ3) is 5.39. The highest BCUT2D eigenvalue weighted by molar-refractivity contribution is 7.99. The Morgan fingerprint density at radius 1 is 1.33 bits per heavy atom. The van der Waals surface area contributed by atoms with Crippen molar-refractivity contribution in [3.05, 3.63) is 42.2 Å². The number of thioether (sulfide) groups is 1. The second-order valence-electron chi connectivity index (χ2n) is 5.81. The van der Waals surface area contributed by atoms with E-state index in [0.717, 1.165) is 17.3 Å². The first-order chi connectivity index (χ1) is 11.6. The number of imidazole rings is 1. The topological polar surface area (TPSA) is 56.1 Å². The number of carbonyl (C=O) groups is 1. The van der Waals surface area contributed by atoms with Crippen LogP contribution >= 0.6 is 11.8 Å².